The first-order chi connectivity index (χ1) is 63.0. The summed E-state index contributed by atoms with van der Waals surface area (Å²) in [7, 11) is -6.75. The highest BCUT2D eigenvalue weighted by Crippen LogP contribution is 2.42. The van der Waals surface area contributed by atoms with Crippen molar-refractivity contribution < 1.29 is 50.1 Å². The van der Waals surface area contributed by atoms with Crippen LogP contribution in [-0.4, -0.2) is 96.4 Å². The molecule has 0 unspecified atom stereocenters. The number of aromatic nitrogens is 5. The van der Waals surface area contributed by atoms with E-state index >= 15 is 0 Å². The van der Waals surface area contributed by atoms with Gasteiger partial charge in [0.1, 0.15) is 64.7 Å². The molecule has 1 amide bonds. The molecule has 0 fully saturated rings. The molecule has 0 aliphatic heterocycles. The molecule has 0 aliphatic rings. The minimum atomic E-state index is -3.37. The Morgan fingerprint density at radius 1 is 0.359 bits per heavy atom. The summed E-state index contributed by atoms with van der Waals surface area (Å²) in [5.74, 6) is 4.03. The second kappa shape index (κ2) is 43.5. The smallest absolute Gasteiger partial charge is 0.412 e. The average molecular weight is 1860 g/mol. The Morgan fingerprint density at radius 2 is 0.611 bits per heavy atom. The first-order valence-corrected chi connectivity index (χ1v) is 47.7. The van der Waals surface area contributed by atoms with Gasteiger partial charge in [0, 0.05) is 75.5 Å². The third kappa shape index (κ3) is 22.4. The number of halogens is 1. The number of ether oxygens (including phenoxy) is 6. The zero-order valence-corrected chi connectivity index (χ0v) is 79.4. The number of nitrogen functional groups attached to an aromatic ring is 1. The van der Waals surface area contributed by atoms with Crippen molar-refractivity contribution in [2.75, 3.05) is 65.5 Å². The third-order valence-electron chi connectivity index (χ3n) is 21.2. The van der Waals surface area contributed by atoms with Gasteiger partial charge in [-0.3, -0.25) is 14.8 Å². The predicted octanol–water partition coefficient (Wildman–Crippen LogP) is 23.8. The molecule has 0 bridgehead atoms. The summed E-state index contributed by atoms with van der Waals surface area (Å²) in [4.78, 5) is 12.1. The lowest BCUT2D eigenvalue weighted by atomic mass is 10.1. The Hall–Kier alpha value is -14.6. The Bertz CT molecular complexity index is 6970. The van der Waals surface area contributed by atoms with Gasteiger partial charge in [0.05, 0.1) is 140 Å². The summed E-state index contributed by atoms with van der Waals surface area (Å²) in [6.07, 6.45) is 0.603. The van der Waals surface area contributed by atoms with Gasteiger partial charge in [0.15, 0.2) is 0 Å². The van der Waals surface area contributed by atoms with Crippen LogP contribution in [0.1, 0.15) is 125 Å². The summed E-state index contributed by atoms with van der Waals surface area (Å²) in [5, 5.41) is 56.0. The molecular formula is C103H107BrN14O11S2. The van der Waals surface area contributed by atoms with Gasteiger partial charge in [0.2, 0.25) is 20.0 Å². The van der Waals surface area contributed by atoms with Crippen LogP contribution in [0.25, 0.3) is 111 Å². The number of hydrogen-bond donors (Lipinski definition) is 4. The molecule has 0 aliphatic carbocycles. The van der Waals surface area contributed by atoms with Gasteiger partial charge in [-0.2, -0.15) is 26.3 Å². The summed E-state index contributed by atoms with van der Waals surface area (Å²) in [6, 6.07) is 78.3. The number of carbonyl (C=O) groups excluding carboxylic acids is 1. The molecule has 15 rings (SSSR count). The second-order valence-corrected chi connectivity index (χ2v) is 35.5. The van der Waals surface area contributed by atoms with Crippen LogP contribution in [0.15, 0.2) is 217 Å². The van der Waals surface area contributed by atoms with Gasteiger partial charge in [-0.15, -0.1) is 0 Å². The SMILES string of the molecule is CCOc1ccc(-c2c(C#N)c3ccc(Br)cc3n2CC)cc1.CCOc1ccc(-c2c(C#N)c3ccc(N)cc3n2CC)cc1.CCOc1ccc(-c2c(C#N)c3ccc(NC(=O)OC(C)(C)C)cc3n2CC)cc1.CCOc1ccc(-c2c(C#N)c3ccc(NS(=O)(=O)CC)cc3n2CC)cc1.CCOc1ccc(-c2c(C#N)c3ccc(NS(C)(=O)=O)cc3n2CC)cc1. The number of rotatable bonds is 26. The van der Waals surface area contributed by atoms with Crippen LogP contribution in [0.4, 0.5) is 27.5 Å². The number of carbonyl (C=O) groups is 1. The molecular weight excluding hydrogens is 1750 g/mol. The second-order valence-electron chi connectivity index (χ2n) is 30.8. The average Bonchev–Trinajstić information content (AvgIpc) is 1.64. The van der Waals surface area contributed by atoms with E-state index in [0.717, 1.165) is 169 Å². The van der Waals surface area contributed by atoms with Crippen molar-refractivity contribution in [3.05, 3.63) is 245 Å². The van der Waals surface area contributed by atoms with Crippen molar-refractivity contribution in [1.82, 2.24) is 22.8 Å². The highest BCUT2D eigenvalue weighted by atomic mass is 79.9. The van der Waals surface area contributed by atoms with E-state index in [1.165, 1.54) is 0 Å². The lowest BCUT2D eigenvalue weighted by Crippen LogP contribution is -2.27. The molecule has 0 atom stereocenters. The van der Waals surface area contributed by atoms with Crippen molar-refractivity contribution in [2.24, 2.45) is 0 Å². The largest absolute Gasteiger partial charge is 0.494 e. The molecule has 0 saturated carbocycles. The number of fused-ring (bicyclic) bond motifs is 5. The van der Waals surface area contributed by atoms with Crippen LogP contribution in [0.2, 0.25) is 0 Å². The molecule has 0 radical (unpaired) electrons. The van der Waals surface area contributed by atoms with Gasteiger partial charge in [-0.25, -0.2) is 21.6 Å². The first-order valence-electron chi connectivity index (χ1n) is 43.3. The Kier molecular flexibility index (Phi) is 32.2. The fourth-order valence-corrected chi connectivity index (χ4v) is 17.5. The van der Waals surface area contributed by atoms with Crippen molar-refractivity contribution >= 4 is 119 Å². The molecule has 28 heteroatoms. The summed E-state index contributed by atoms with van der Waals surface area (Å²) in [5.41, 5.74) is 24.5. The molecule has 0 saturated heterocycles. The van der Waals surface area contributed by atoms with E-state index < -0.39 is 31.7 Å². The lowest BCUT2D eigenvalue weighted by Gasteiger charge is -2.19. The van der Waals surface area contributed by atoms with Gasteiger partial charge < -0.3 is 57.0 Å². The number of anilines is 4. The van der Waals surface area contributed by atoms with Gasteiger partial charge in [-0.1, -0.05) is 22.0 Å². The number of nitrogens with one attached hydrogen (secondary N) is 3. The molecule has 674 valence electrons. The monoisotopic (exact) mass is 1860 g/mol. The third-order valence-corrected chi connectivity index (χ3v) is 23.7. The number of nitrogens with two attached hydrogens (primary N) is 1. The summed E-state index contributed by atoms with van der Waals surface area (Å²) < 4.78 is 96.3. The number of nitrogens with zero attached hydrogens (tertiary/aromatic N) is 10. The van der Waals surface area contributed by atoms with Crippen molar-refractivity contribution in [2.45, 2.75) is 135 Å². The number of amides is 1. The first kappa shape index (κ1) is 97.0. The van der Waals surface area contributed by atoms with E-state index in [2.05, 4.69) is 94.7 Å². The molecule has 131 heavy (non-hydrogen) atoms. The van der Waals surface area contributed by atoms with Crippen LogP contribution in [0, 0.1) is 56.7 Å². The quantitative estimate of drug-likeness (QED) is 0.0366. The maximum absolute atomic E-state index is 12.1. The van der Waals surface area contributed by atoms with Crippen LogP contribution in [-0.2, 0) is 57.5 Å². The van der Waals surface area contributed by atoms with E-state index in [-0.39, 0.29) is 5.75 Å². The molecule has 5 aromatic heterocycles. The number of hydrogen-bond acceptors (Lipinski definition) is 17. The van der Waals surface area contributed by atoms with Crippen molar-refractivity contribution in [3.8, 4) is 115 Å². The molecule has 5 N–H and O–H groups in total. The van der Waals surface area contributed by atoms with Crippen molar-refractivity contribution in [3.63, 3.8) is 0 Å². The lowest BCUT2D eigenvalue weighted by molar-refractivity contribution is 0.0635. The highest BCUT2D eigenvalue weighted by molar-refractivity contribution is 9.10. The number of benzene rings is 10. The molecule has 10 aromatic carbocycles. The Labute approximate surface area is 774 Å². The molecule has 0 spiro atoms. The molecule has 25 nitrogen and oxygen atoms in total. The normalized spacial score (nSPS) is 11.1. The van der Waals surface area contributed by atoms with Gasteiger partial charge in [0.25, 0.3) is 0 Å². The van der Waals surface area contributed by atoms with E-state index in [4.69, 9.17) is 34.2 Å². The standard InChI is InChI=1S/C24H27N3O3.C21H23N3O3S.C20H21N3O3S.C19H17BrN2O.C19H19N3O/c1-6-27-21-14-17(26-23(28)30-24(3,4)5)10-13-19(21)20(15-25)22(27)16-8-11-18(12-9-16)29-7-2;1-4-24-20-13-16(23-28(25,26)6-3)9-12-18(20)19(14-22)21(24)15-7-10-17(11-8-15)27-5-2;1-4-23-19-12-15(22-27(3,24)25)8-11-17(19)18(13-21)20(23)14-6-9-16(10-7-14)26-5-2;1-3-22-18-11-14(20)7-10-16(18)17(12-21)19(22)13-5-8-15(9-6-13)23-4-2;1-3-22-18-11-14(21)7-10-16(18)17(12-20)19(22)13-5-8-15(9-6-13)23-4-2/h8-14H,6-7H2,1-5H3,(H,26,28);7-13,23H,4-6H2,1-3H3;6-12,22H,4-5H2,1-3H3;5-11H,3-4H2,1-2H3;5-11H,3-4,21H2,1-2H3. The number of aryl methyl sites for hydroxylation is 5. The zero-order valence-electron chi connectivity index (χ0n) is 76.2. The maximum Gasteiger partial charge on any atom is 0.412 e. The Balaban J connectivity index is 0.000000159. The highest BCUT2D eigenvalue weighted by Gasteiger charge is 2.26. The minimum absolute atomic E-state index is 0.000696. The van der Waals surface area contributed by atoms with Crippen LogP contribution >= 0.6 is 15.9 Å². The maximum atomic E-state index is 12.1. The fourth-order valence-electron chi connectivity index (χ4n) is 15.9. The fraction of sp³-hybridized carbons (Fsp3) is 0.262. The van der Waals surface area contributed by atoms with Gasteiger partial charge >= 0.3 is 6.09 Å². The number of nitriles is 5. The summed E-state index contributed by atoms with van der Waals surface area (Å²) in [6.45, 7) is 33.6. The van der Waals surface area contributed by atoms with Gasteiger partial charge in [-0.05, 0) is 331 Å². The van der Waals surface area contributed by atoms with E-state index in [9.17, 15) is 47.9 Å². The zero-order chi connectivity index (χ0) is 94.6. The minimum Gasteiger partial charge on any atom is -0.494 e. The molecule has 5 heterocycles. The van der Waals surface area contributed by atoms with Crippen LogP contribution in [0.5, 0.6) is 28.7 Å². The molecule has 15 aromatic rings. The van der Waals surface area contributed by atoms with Crippen molar-refractivity contribution in [1.29, 1.82) is 26.3 Å². The predicted molar refractivity (Wildman–Crippen MR) is 528 cm³/mol. The van der Waals surface area contributed by atoms with Crippen LogP contribution in [0.3, 0.4) is 0 Å². The van der Waals surface area contributed by atoms with Crippen LogP contribution < -0.4 is 44.2 Å². The summed E-state index contributed by atoms with van der Waals surface area (Å²) >= 11 is 3.52. The topological polar surface area (TPSA) is 346 Å². The van der Waals surface area contributed by atoms with E-state index in [1.54, 1.807) is 49.4 Å². The Morgan fingerprint density at radius 3 is 0.870 bits per heavy atom. The van der Waals surface area contributed by atoms with E-state index in [0.29, 0.717) is 97.7 Å². The number of sulfonamides is 2. The van der Waals surface area contributed by atoms with E-state index in [1.807, 2.05) is 249 Å².